The Bertz CT molecular complexity index is 735. The number of nitrogens with one attached hydrogen (secondary N) is 1. The first-order valence-electron chi connectivity index (χ1n) is 9.17. The minimum atomic E-state index is -0.0993. The Morgan fingerprint density at radius 1 is 1.19 bits per heavy atom. The zero-order valence-corrected chi connectivity index (χ0v) is 15.4. The van der Waals surface area contributed by atoms with Crippen LogP contribution < -0.4 is 14.8 Å². The van der Waals surface area contributed by atoms with E-state index in [-0.39, 0.29) is 36.7 Å². The molecule has 7 nitrogen and oxygen atoms in total. The van der Waals surface area contributed by atoms with E-state index >= 15 is 0 Å². The van der Waals surface area contributed by atoms with Crippen LogP contribution >= 0.6 is 0 Å². The van der Waals surface area contributed by atoms with E-state index in [0.29, 0.717) is 36.1 Å². The third-order valence-electron chi connectivity index (χ3n) is 5.73. The molecule has 3 heterocycles. The van der Waals surface area contributed by atoms with Crippen molar-refractivity contribution in [2.45, 2.75) is 38.4 Å². The zero-order chi connectivity index (χ0) is 18.4. The number of ether oxygens (including phenoxy) is 2. The highest BCUT2D eigenvalue weighted by molar-refractivity contribution is 5.95. The number of rotatable bonds is 3. The molecule has 0 aliphatic carbocycles. The number of hydrogen-bond donors (Lipinski definition) is 1. The fraction of sp³-hybridized carbons (Fsp3) is 0.579. The molecular formula is C19H25N3O4. The highest BCUT2D eigenvalue weighted by Crippen LogP contribution is 2.38. The van der Waals surface area contributed by atoms with Crippen molar-refractivity contribution < 1.29 is 19.1 Å². The second kappa shape index (κ2) is 6.46. The Balaban J connectivity index is 1.50. The number of hydrogen-bond acceptors (Lipinski definition) is 5. The van der Waals surface area contributed by atoms with E-state index in [1.807, 2.05) is 4.90 Å². The van der Waals surface area contributed by atoms with Gasteiger partial charge in [0.25, 0.3) is 5.91 Å². The molecule has 1 aromatic carbocycles. The summed E-state index contributed by atoms with van der Waals surface area (Å²) in [6.45, 7) is 5.77. The van der Waals surface area contributed by atoms with Crippen molar-refractivity contribution in [1.82, 2.24) is 15.1 Å². The molecule has 3 aliphatic heterocycles. The highest BCUT2D eigenvalue weighted by atomic mass is 16.7. The average molecular weight is 359 g/mol. The highest BCUT2D eigenvalue weighted by Gasteiger charge is 2.50. The van der Waals surface area contributed by atoms with Crippen LogP contribution in [0.15, 0.2) is 18.2 Å². The summed E-state index contributed by atoms with van der Waals surface area (Å²) >= 11 is 0. The van der Waals surface area contributed by atoms with E-state index in [1.54, 1.807) is 25.2 Å². The molecule has 0 saturated carbocycles. The van der Waals surface area contributed by atoms with Gasteiger partial charge in [-0.15, -0.1) is 0 Å². The Morgan fingerprint density at radius 3 is 2.69 bits per heavy atom. The number of carbonyl (C=O) groups is 2. The Hall–Kier alpha value is -2.28. The van der Waals surface area contributed by atoms with Gasteiger partial charge in [-0.1, -0.05) is 0 Å². The molecule has 1 aromatic rings. The third-order valence-corrected chi connectivity index (χ3v) is 5.73. The van der Waals surface area contributed by atoms with Crippen molar-refractivity contribution in [3.05, 3.63) is 23.8 Å². The van der Waals surface area contributed by atoms with Crippen molar-refractivity contribution in [2.24, 2.45) is 5.92 Å². The van der Waals surface area contributed by atoms with Gasteiger partial charge in [-0.25, -0.2) is 0 Å². The van der Waals surface area contributed by atoms with Gasteiger partial charge in [-0.2, -0.15) is 0 Å². The summed E-state index contributed by atoms with van der Waals surface area (Å²) in [5.41, 5.74) is 0.619. The lowest BCUT2D eigenvalue weighted by atomic mass is 10.0. The molecule has 3 atom stereocenters. The summed E-state index contributed by atoms with van der Waals surface area (Å²) in [4.78, 5) is 29.4. The second-order valence-corrected chi connectivity index (χ2v) is 7.51. The predicted octanol–water partition coefficient (Wildman–Crippen LogP) is 1.08. The average Bonchev–Trinajstić information content (AvgIpc) is 3.32. The smallest absolute Gasteiger partial charge is 0.254 e. The van der Waals surface area contributed by atoms with Gasteiger partial charge in [-0.05, 0) is 44.4 Å². The largest absolute Gasteiger partial charge is 0.454 e. The van der Waals surface area contributed by atoms with Gasteiger partial charge in [0.1, 0.15) is 0 Å². The molecule has 26 heavy (non-hydrogen) atoms. The molecule has 4 rings (SSSR count). The number of fused-ring (bicyclic) bond motifs is 2. The molecule has 0 aromatic heterocycles. The van der Waals surface area contributed by atoms with E-state index in [2.05, 4.69) is 24.1 Å². The molecular weight excluding hydrogens is 334 g/mol. The maximum absolute atomic E-state index is 13.0. The quantitative estimate of drug-likeness (QED) is 0.875. The number of benzene rings is 1. The van der Waals surface area contributed by atoms with E-state index in [1.165, 1.54) is 0 Å². The lowest BCUT2D eigenvalue weighted by Crippen LogP contribution is -2.50. The number of amides is 2. The van der Waals surface area contributed by atoms with Crippen LogP contribution in [0.1, 0.15) is 30.6 Å². The van der Waals surface area contributed by atoms with Crippen LogP contribution in [0, 0.1) is 5.92 Å². The second-order valence-electron chi connectivity index (χ2n) is 7.51. The third kappa shape index (κ3) is 2.70. The Morgan fingerprint density at radius 2 is 1.96 bits per heavy atom. The fourth-order valence-electron chi connectivity index (χ4n) is 4.59. The van der Waals surface area contributed by atoms with Crippen LogP contribution in [0.5, 0.6) is 11.5 Å². The van der Waals surface area contributed by atoms with E-state index in [4.69, 9.17) is 9.47 Å². The number of carbonyl (C=O) groups excluding carboxylic acids is 2. The summed E-state index contributed by atoms with van der Waals surface area (Å²) in [5.74, 6) is 1.72. The minimum Gasteiger partial charge on any atom is -0.454 e. The van der Waals surface area contributed by atoms with Crippen LogP contribution in [-0.2, 0) is 4.79 Å². The number of nitrogens with zero attached hydrogens (tertiary/aromatic N) is 2. The topological polar surface area (TPSA) is 71.1 Å². The van der Waals surface area contributed by atoms with Gasteiger partial charge < -0.3 is 19.7 Å². The van der Waals surface area contributed by atoms with Crippen molar-refractivity contribution in [1.29, 1.82) is 0 Å². The summed E-state index contributed by atoms with van der Waals surface area (Å²) in [5, 5.41) is 2.78. The van der Waals surface area contributed by atoms with E-state index < -0.39 is 0 Å². The summed E-state index contributed by atoms with van der Waals surface area (Å²) < 4.78 is 10.7. The van der Waals surface area contributed by atoms with Crippen molar-refractivity contribution in [2.75, 3.05) is 26.9 Å². The van der Waals surface area contributed by atoms with Gasteiger partial charge in [0.2, 0.25) is 12.7 Å². The maximum atomic E-state index is 13.0. The van der Waals surface area contributed by atoms with Crippen LogP contribution in [-0.4, -0.2) is 66.7 Å². The lowest BCUT2D eigenvalue weighted by molar-refractivity contribution is -0.126. The van der Waals surface area contributed by atoms with Gasteiger partial charge >= 0.3 is 0 Å². The van der Waals surface area contributed by atoms with Gasteiger partial charge in [-0.3, -0.25) is 14.5 Å². The molecule has 3 aliphatic rings. The van der Waals surface area contributed by atoms with E-state index in [0.717, 1.165) is 6.42 Å². The van der Waals surface area contributed by atoms with Crippen molar-refractivity contribution in [3.8, 4) is 11.5 Å². The molecule has 7 heteroatoms. The minimum absolute atomic E-state index is 0.0119. The molecule has 0 radical (unpaired) electrons. The molecule has 140 valence electrons. The molecule has 1 N–H and O–H groups in total. The van der Waals surface area contributed by atoms with Gasteiger partial charge in [0, 0.05) is 37.8 Å². The maximum Gasteiger partial charge on any atom is 0.254 e. The predicted molar refractivity (Wildman–Crippen MR) is 95.2 cm³/mol. The molecule has 2 amide bonds. The van der Waals surface area contributed by atoms with Gasteiger partial charge in [0.15, 0.2) is 11.5 Å². The molecule has 0 spiro atoms. The molecule has 2 fully saturated rings. The van der Waals surface area contributed by atoms with Crippen molar-refractivity contribution >= 4 is 11.8 Å². The number of likely N-dealkylation sites (N-methyl/N-ethyl adjacent to an activating group) is 1. The molecule has 0 bridgehead atoms. The normalized spacial score (nSPS) is 27.1. The number of likely N-dealkylation sites (tertiary alicyclic amines) is 2. The fourth-order valence-corrected chi connectivity index (χ4v) is 4.59. The van der Waals surface area contributed by atoms with E-state index in [9.17, 15) is 9.59 Å². The SMILES string of the molecule is CNC(=O)[C@H]1CC2CN(C(=O)c3ccc4c(c3)OCO4)CC2N1C(C)C. The zero-order valence-electron chi connectivity index (χ0n) is 15.4. The summed E-state index contributed by atoms with van der Waals surface area (Å²) in [6, 6.07) is 5.72. The monoisotopic (exact) mass is 359 g/mol. The molecule has 2 saturated heterocycles. The van der Waals surface area contributed by atoms with Crippen LogP contribution in [0.4, 0.5) is 0 Å². The molecule has 2 unspecified atom stereocenters. The summed E-state index contributed by atoms with van der Waals surface area (Å²) in [6.07, 6.45) is 0.799. The first-order valence-corrected chi connectivity index (χ1v) is 9.17. The lowest BCUT2D eigenvalue weighted by Gasteiger charge is -2.33. The van der Waals surface area contributed by atoms with Crippen LogP contribution in [0.3, 0.4) is 0 Å². The summed E-state index contributed by atoms with van der Waals surface area (Å²) in [7, 11) is 1.68. The standard InChI is InChI=1S/C19H25N3O4/c1-11(2)22-14(18(23)20-3)6-13-8-21(9-15(13)22)19(24)12-4-5-16-17(7-12)26-10-25-16/h4-5,7,11,13-15H,6,8-10H2,1-3H3,(H,20,23)/t13?,14-,15?/m1/s1. The van der Waals surface area contributed by atoms with Gasteiger partial charge in [0.05, 0.1) is 6.04 Å². The first kappa shape index (κ1) is 17.1. The van der Waals surface area contributed by atoms with Crippen LogP contribution in [0.2, 0.25) is 0 Å². The Kier molecular flexibility index (Phi) is 4.26. The Labute approximate surface area is 153 Å². The first-order chi connectivity index (χ1) is 12.5. The van der Waals surface area contributed by atoms with Crippen LogP contribution in [0.25, 0.3) is 0 Å². The van der Waals surface area contributed by atoms with Crippen molar-refractivity contribution in [3.63, 3.8) is 0 Å².